The van der Waals surface area contributed by atoms with Crippen LogP contribution in [0.25, 0.3) is 0 Å². The van der Waals surface area contributed by atoms with Crippen LogP contribution in [0.2, 0.25) is 0 Å². The maximum Gasteiger partial charge on any atom is 0.0276 e. The molecule has 4 aliphatic carbocycles. The summed E-state index contributed by atoms with van der Waals surface area (Å²) in [5.41, 5.74) is 0. The summed E-state index contributed by atoms with van der Waals surface area (Å²) in [7, 11) is 0. The molecule has 0 spiro atoms. The average molecular weight is 261 g/mol. The molecule has 4 saturated carbocycles. The van der Waals surface area contributed by atoms with Crippen molar-refractivity contribution >= 4 is 27.7 Å². The summed E-state index contributed by atoms with van der Waals surface area (Å²) in [5.74, 6) is 2.10. The van der Waals surface area contributed by atoms with Crippen molar-refractivity contribution in [2.24, 2.45) is 11.8 Å². The molecule has 2 atom stereocenters. The topological polar surface area (TPSA) is 0 Å². The van der Waals surface area contributed by atoms with E-state index >= 15 is 0 Å². The summed E-state index contributed by atoms with van der Waals surface area (Å²) in [6, 6.07) is 0. The summed E-state index contributed by atoms with van der Waals surface area (Å²) in [5, 5.41) is 0. The van der Waals surface area contributed by atoms with E-state index in [0.29, 0.717) is 9.07 Å². The number of hydrogen-bond donors (Lipinski definition) is 0. The zero-order valence-corrected chi connectivity index (χ0v) is 10.6. The highest BCUT2D eigenvalue weighted by Crippen LogP contribution is 2.64. The van der Waals surface area contributed by atoms with Gasteiger partial charge in [-0.25, -0.2) is 0 Å². The number of thioether (sulfide) groups is 1. The quantitative estimate of drug-likeness (QED) is 0.646. The minimum atomic E-state index is 0.556. The fraction of sp³-hybridized carbons (Fsp3) is 1.00. The van der Waals surface area contributed by atoms with E-state index in [0.717, 1.165) is 11.8 Å². The molecule has 4 aliphatic rings. The Morgan fingerprint density at radius 2 is 1.77 bits per heavy atom. The van der Waals surface area contributed by atoms with Crippen LogP contribution in [0, 0.1) is 11.8 Å². The van der Waals surface area contributed by atoms with Gasteiger partial charge in [-0.2, -0.15) is 11.8 Å². The zero-order chi connectivity index (χ0) is 9.10. The highest BCUT2D eigenvalue weighted by molar-refractivity contribution is 9.10. The van der Waals surface area contributed by atoms with Gasteiger partial charge < -0.3 is 0 Å². The molecule has 13 heavy (non-hydrogen) atoms. The van der Waals surface area contributed by atoms with Gasteiger partial charge in [0, 0.05) is 9.07 Å². The van der Waals surface area contributed by atoms with Crippen molar-refractivity contribution in [2.45, 2.75) is 47.6 Å². The van der Waals surface area contributed by atoms with E-state index in [2.05, 4.69) is 33.9 Å². The van der Waals surface area contributed by atoms with Gasteiger partial charge in [0.2, 0.25) is 0 Å². The number of hydrogen-bond acceptors (Lipinski definition) is 1. The predicted octanol–water partition coefficient (Wildman–Crippen LogP) is 3.84. The van der Waals surface area contributed by atoms with Crippen LogP contribution >= 0.6 is 27.7 Å². The Morgan fingerprint density at radius 1 is 1.15 bits per heavy atom. The van der Waals surface area contributed by atoms with Crippen LogP contribution in [-0.4, -0.2) is 15.3 Å². The van der Waals surface area contributed by atoms with Crippen LogP contribution in [0.3, 0.4) is 0 Å². The highest BCUT2D eigenvalue weighted by Gasteiger charge is 2.56. The van der Waals surface area contributed by atoms with Crippen LogP contribution in [0.15, 0.2) is 0 Å². The SMILES string of the molecule is CSC12CC3CC(CC(Br)(C3)C1)C2. The van der Waals surface area contributed by atoms with Crippen molar-refractivity contribution in [1.29, 1.82) is 0 Å². The first-order valence-electron chi connectivity index (χ1n) is 5.37. The Balaban J connectivity index is 1.95. The first-order chi connectivity index (χ1) is 6.13. The second kappa shape index (κ2) is 2.69. The fourth-order valence-corrected chi connectivity index (χ4v) is 7.17. The Hall–Kier alpha value is 0.830. The maximum atomic E-state index is 4.02. The minimum absolute atomic E-state index is 0.556. The molecule has 0 heterocycles. The van der Waals surface area contributed by atoms with E-state index in [1.54, 1.807) is 0 Å². The van der Waals surface area contributed by atoms with Crippen molar-refractivity contribution in [3.05, 3.63) is 0 Å². The Labute approximate surface area is 93.4 Å². The molecule has 0 N–H and O–H groups in total. The summed E-state index contributed by atoms with van der Waals surface area (Å²) in [6.07, 6.45) is 11.3. The molecule has 4 fully saturated rings. The fourth-order valence-electron chi connectivity index (χ4n) is 4.31. The first-order valence-corrected chi connectivity index (χ1v) is 7.39. The third kappa shape index (κ3) is 1.31. The van der Waals surface area contributed by atoms with E-state index in [4.69, 9.17) is 0 Å². The molecule has 0 amide bonds. The van der Waals surface area contributed by atoms with E-state index in [-0.39, 0.29) is 0 Å². The summed E-state index contributed by atoms with van der Waals surface area (Å²) in [4.78, 5) is 0. The molecule has 0 aromatic heterocycles. The average Bonchev–Trinajstić information content (AvgIpc) is 1.99. The summed E-state index contributed by atoms with van der Waals surface area (Å²) >= 11 is 6.17. The van der Waals surface area contributed by atoms with Gasteiger partial charge in [-0.15, -0.1) is 0 Å². The smallest absolute Gasteiger partial charge is 0.0276 e. The van der Waals surface area contributed by atoms with E-state index in [1.165, 1.54) is 38.5 Å². The lowest BCUT2D eigenvalue weighted by Gasteiger charge is -2.59. The molecule has 0 radical (unpaired) electrons. The molecule has 74 valence electrons. The standard InChI is InChI=1S/C11H17BrS/c1-13-11-5-8-2-9(6-11)4-10(12,3-8)7-11/h8-9H,2-7H2,1H3. The lowest BCUT2D eigenvalue weighted by molar-refractivity contribution is 0.0608. The molecule has 0 nitrogen and oxygen atoms in total. The summed E-state index contributed by atoms with van der Waals surface area (Å²) in [6.45, 7) is 0. The zero-order valence-electron chi connectivity index (χ0n) is 8.18. The van der Waals surface area contributed by atoms with Crippen LogP contribution in [0.4, 0.5) is 0 Å². The Bertz CT molecular complexity index is 224. The van der Waals surface area contributed by atoms with E-state index in [9.17, 15) is 0 Å². The molecule has 4 rings (SSSR count). The van der Waals surface area contributed by atoms with Gasteiger partial charge in [-0.3, -0.25) is 0 Å². The highest BCUT2D eigenvalue weighted by atomic mass is 79.9. The predicted molar refractivity (Wildman–Crippen MR) is 62.6 cm³/mol. The van der Waals surface area contributed by atoms with Crippen molar-refractivity contribution in [2.75, 3.05) is 6.26 Å². The molecular weight excluding hydrogens is 244 g/mol. The number of rotatable bonds is 1. The lowest BCUT2D eigenvalue weighted by atomic mass is 9.56. The van der Waals surface area contributed by atoms with Gasteiger partial charge in [0.05, 0.1) is 0 Å². The molecule has 2 heteroatoms. The molecule has 2 unspecified atom stereocenters. The van der Waals surface area contributed by atoms with Gasteiger partial charge >= 0.3 is 0 Å². The molecule has 0 aromatic rings. The first kappa shape index (κ1) is 9.08. The van der Waals surface area contributed by atoms with Crippen LogP contribution in [-0.2, 0) is 0 Å². The van der Waals surface area contributed by atoms with E-state index < -0.39 is 0 Å². The van der Waals surface area contributed by atoms with Crippen molar-refractivity contribution in [1.82, 2.24) is 0 Å². The van der Waals surface area contributed by atoms with Crippen molar-refractivity contribution in [3.8, 4) is 0 Å². The Morgan fingerprint density at radius 3 is 2.23 bits per heavy atom. The monoisotopic (exact) mass is 260 g/mol. The second-order valence-corrected chi connectivity index (χ2v) is 8.46. The van der Waals surface area contributed by atoms with Gasteiger partial charge in [0.15, 0.2) is 0 Å². The van der Waals surface area contributed by atoms with Crippen LogP contribution < -0.4 is 0 Å². The molecule has 4 bridgehead atoms. The normalized spacial score (nSPS) is 58.6. The molecule has 0 aromatic carbocycles. The largest absolute Gasteiger partial charge is 0.159 e. The van der Waals surface area contributed by atoms with E-state index in [1.807, 2.05) is 0 Å². The third-order valence-electron chi connectivity index (χ3n) is 4.37. The minimum Gasteiger partial charge on any atom is -0.159 e. The third-order valence-corrected chi connectivity index (χ3v) is 6.64. The van der Waals surface area contributed by atoms with Gasteiger partial charge in [0.25, 0.3) is 0 Å². The number of halogens is 1. The van der Waals surface area contributed by atoms with Crippen molar-refractivity contribution < 1.29 is 0 Å². The van der Waals surface area contributed by atoms with Gasteiger partial charge in [-0.05, 0) is 56.6 Å². The van der Waals surface area contributed by atoms with Crippen molar-refractivity contribution in [3.63, 3.8) is 0 Å². The molecule has 0 saturated heterocycles. The lowest BCUT2D eigenvalue weighted by Crippen LogP contribution is -2.54. The van der Waals surface area contributed by atoms with Crippen LogP contribution in [0.1, 0.15) is 38.5 Å². The maximum absolute atomic E-state index is 4.02. The van der Waals surface area contributed by atoms with Gasteiger partial charge in [0.1, 0.15) is 0 Å². The van der Waals surface area contributed by atoms with Crippen LogP contribution in [0.5, 0.6) is 0 Å². The Kier molecular flexibility index (Phi) is 1.88. The second-order valence-electron chi connectivity index (χ2n) is 5.50. The molecule has 0 aliphatic heterocycles. The summed E-state index contributed by atoms with van der Waals surface area (Å²) < 4.78 is 1.23. The van der Waals surface area contributed by atoms with Gasteiger partial charge in [-0.1, -0.05) is 15.9 Å². The molecular formula is C11H17BrS. The number of alkyl halides is 1.